The van der Waals surface area contributed by atoms with Gasteiger partial charge in [0.15, 0.2) is 0 Å². The number of benzene rings is 1. The number of hydrogen-bond donors (Lipinski definition) is 0. The maximum atomic E-state index is 13.6. The number of fused-ring (bicyclic) bond motifs is 1. The Morgan fingerprint density at radius 3 is 2.81 bits per heavy atom. The van der Waals surface area contributed by atoms with E-state index >= 15 is 0 Å². The molecule has 0 saturated carbocycles. The van der Waals surface area contributed by atoms with E-state index in [0.29, 0.717) is 11.8 Å². The predicted octanol–water partition coefficient (Wildman–Crippen LogP) is 2.73. The van der Waals surface area contributed by atoms with E-state index in [1.807, 2.05) is 25.1 Å². The van der Waals surface area contributed by atoms with Gasteiger partial charge in [-0.05, 0) is 31.2 Å². The molecule has 1 unspecified atom stereocenters. The van der Waals surface area contributed by atoms with Crippen LogP contribution in [-0.2, 0) is 6.42 Å². The smallest absolute Gasteiger partial charge is 0.261 e. The summed E-state index contributed by atoms with van der Waals surface area (Å²) in [5, 5.41) is 0.297. The first-order chi connectivity index (χ1) is 10.2. The Morgan fingerprint density at radius 2 is 2.05 bits per heavy atom. The fourth-order valence-corrected chi connectivity index (χ4v) is 2.36. The van der Waals surface area contributed by atoms with Gasteiger partial charge in [-0.3, -0.25) is 14.3 Å². The second-order valence-corrected chi connectivity index (χ2v) is 4.97. The molecule has 21 heavy (non-hydrogen) atoms. The van der Waals surface area contributed by atoms with Gasteiger partial charge in [-0.2, -0.15) is 0 Å². The summed E-state index contributed by atoms with van der Waals surface area (Å²) in [5.41, 5.74) is 0.781. The van der Waals surface area contributed by atoms with Crippen LogP contribution in [0, 0.1) is 5.82 Å². The van der Waals surface area contributed by atoms with Crippen molar-refractivity contribution in [3.63, 3.8) is 0 Å². The summed E-state index contributed by atoms with van der Waals surface area (Å²) < 4.78 is 15.1. The van der Waals surface area contributed by atoms with Gasteiger partial charge in [0.25, 0.3) is 5.56 Å². The SMILES string of the molecule is CC(Cc1ccccn1)n1cnc2c(F)cccc2c1=O. The van der Waals surface area contributed by atoms with Crippen molar-refractivity contribution >= 4 is 10.9 Å². The van der Waals surface area contributed by atoms with Crippen LogP contribution in [0.3, 0.4) is 0 Å². The van der Waals surface area contributed by atoms with E-state index in [1.54, 1.807) is 12.3 Å². The number of aromatic nitrogens is 3. The van der Waals surface area contributed by atoms with Gasteiger partial charge in [0.2, 0.25) is 0 Å². The van der Waals surface area contributed by atoms with Crippen LogP contribution in [0.4, 0.5) is 4.39 Å². The van der Waals surface area contributed by atoms with E-state index < -0.39 is 5.82 Å². The van der Waals surface area contributed by atoms with Crippen molar-refractivity contribution in [1.29, 1.82) is 0 Å². The molecular formula is C16H14FN3O. The lowest BCUT2D eigenvalue weighted by atomic mass is 10.1. The minimum absolute atomic E-state index is 0.104. The summed E-state index contributed by atoms with van der Waals surface area (Å²) in [6, 6.07) is 9.98. The van der Waals surface area contributed by atoms with Gasteiger partial charge < -0.3 is 0 Å². The van der Waals surface area contributed by atoms with Crippen molar-refractivity contribution in [3.8, 4) is 0 Å². The summed E-state index contributed by atoms with van der Waals surface area (Å²) >= 11 is 0. The summed E-state index contributed by atoms with van der Waals surface area (Å²) in [4.78, 5) is 20.8. The van der Waals surface area contributed by atoms with Gasteiger partial charge in [0, 0.05) is 24.4 Å². The molecular weight excluding hydrogens is 269 g/mol. The van der Waals surface area contributed by atoms with E-state index in [-0.39, 0.29) is 17.1 Å². The highest BCUT2D eigenvalue weighted by Crippen LogP contribution is 2.14. The van der Waals surface area contributed by atoms with Gasteiger partial charge in [0.05, 0.1) is 11.7 Å². The van der Waals surface area contributed by atoms with Gasteiger partial charge in [-0.15, -0.1) is 0 Å². The van der Waals surface area contributed by atoms with Gasteiger partial charge in [-0.25, -0.2) is 9.37 Å². The molecule has 2 aromatic heterocycles. The molecule has 0 N–H and O–H groups in total. The van der Waals surface area contributed by atoms with Crippen LogP contribution in [0.1, 0.15) is 18.7 Å². The molecule has 0 bridgehead atoms. The quantitative estimate of drug-likeness (QED) is 0.742. The third-order valence-electron chi connectivity index (χ3n) is 3.47. The number of para-hydroxylation sites is 1. The van der Waals surface area contributed by atoms with Crippen molar-refractivity contribution in [2.45, 2.75) is 19.4 Å². The standard InChI is InChI=1S/C16H14FN3O/c1-11(9-12-5-2-3-8-18-12)20-10-19-15-13(16(20)21)6-4-7-14(15)17/h2-8,10-11H,9H2,1H3. The van der Waals surface area contributed by atoms with E-state index in [4.69, 9.17) is 0 Å². The third kappa shape index (κ3) is 2.54. The first kappa shape index (κ1) is 13.4. The highest BCUT2D eigenvalue weighted by molar-refractivity contribution is 5.77. The molecule has 1 atom stereocenters. The Labute approximate surface area is 120 Å². The van der Waals surface area contributed by atoms with Crippen LogP contribution in [0.2, 0.25) is 0 Å². The molecule has 5 heteroatoms. The first-order valence-electron chi connectivity index (χ1n) is 6.72. The van der Waals surface area contributed by atoms with Crippen molar-refractivity contribution in [1.82, 2.24) is 14.5 Å². The van der Waals surface area contributed by atoms with Gasteiger partial charge in [0.1, 0.15) is 11.3 Å². The number of hydrogen-bond acceptors (Lipinski definition) is 3. The summed E-state index contributed by atoms with van der Waals surface area (Å²) in [6.45, 7) is 1.92. The van der Waals surface area contributed by atoms with Crippen LogP contribution in [0.5, 0.6) is 0 Å². The molecule has 0 aliphatic carbocycles. The Balaban J connectivity index is 2.01. The maximum Gasteiger partial charge on any atom is 0.261 e. The van der Waals surface area contributed by atoms with Crippen molar-refractivity contribution in [2.75, 3.05) is 0 Å². The third-order valence-corrected chi connectivity index (χ3v) is 3.47. The molecule has 2 heterocycles. The lowest BCUT2D eigenvalue weighted by Gasteiger charge is -2.14. The number of halogens is 1. The Kier molecular flexibility index (Phi) is 3.48. The average Bonchev–Trinajstić information content (AvgIpc) is 2.49. The number of nitrogens with zero attached hydrogens (tertiary/aromatic N) is 3. The molecule has 0 spiro atoms. The molecule has 0 fully saturated rings. The minimum atomic E-state index is -0.478. The lowest BCUT2D eigenvalue weighted by Crippen LogP contribution is -2.25. The monoisotopic (exact) mass is 283 g/mol. The van der Waals surface area contributed by atoms with Gasteiger partial charge in [-0.1, -0.05) is 12.1 Å². The highest BCUT2D eigenvalue weighted by atomic mass is 19.1. The fourth-order valence-electron chi connectivity index (χ4n) is 2.36. The van der Waals surface area contributed by atoms with Gasteiger partial charge >= 0.3 is 0 Å². The van der Waals surface area contributed by atoms with Crippen LogP contribution in [-0.4, -0.2) is 14.5 Å². The van der Waals surface area contributed by atoms with E-state index in [9.17, 15) is 9.18 Å². The van der Waals surface area contributed by atoms with Crippen molar-refractivity contribution in [2.24, 2.45) is 0 Å². The molecule has 1 aromatic carbocycles. The van der Waals surface area contributed by atoms with Crippen molar-refractivity contribution < 1.29 is 4.39 Å². The summed E-state index contributed by atoms with van der Waals surface area (Å²) in [6.07, 6.45) is 3.74. The molecule has 3 aromatic rings. The Hall–Kier alpha value is -2.56. The summed E-state index contributed by atoms with van der Waals surface area (Å²) in [5.74, 6) is -0.478. The highest BCUT2D eigenvalue weighted by Gasteiger charge is 2.12. The normalized spacial score (nSPS) is 12.5. The van der Waals surface area contributed by atoms with Crippen LogP contribution >= 0.6 is 0 Å². The molecule has 4 nitrogen and oxygen atoms in total. The zero-order valence-corrected chi connectivity index (χ0v) is 11.5. The number of pyridine rings is 1. The fraction of sp³-hybridized carbons (Fsp3) is 0.188. The molecule has 0 aliphatic rings. The second-order valence-electron chi connectivity index (χ2n) is 4.97. The largest absolute Gasteiger partial charge is 0.295 e. The molecule has 0 aliphatic heterocycles. The molecule has 0 radical (unpaired) electrons. The van der Waals surface area contributed by atoms with E-state index in [2.05, 4.69) is 9.97 Å². The predicted molar refractivity (Wildman–Crippen MR) is 78.6 cm³/mol. The zero-order chi connectivity index (χ0) is 14.8. The zero-order valence-electron chi connectivity index (χ0n) is 11.5. The molecule has 0 saturated heterocycles. The average molecular weight is 283 g/mol. The minimum Gasteiger partial charge on any atom is -0.295 e. The molecule has 3 rings (SSSR count). The topological polar surface area (TPSA) is 47.8 Å². The van der Waals surface area contributed by atoms with Crippen molar-refractivity contribution in [3.05, 3.63) is 70.8 Å². The molecule has 0 amide bonds. The number of rotatable bonds is 3. The maximum absolute atomic E-state index is 13.6. The first-order valence-corrected chi connectivity index (χ1v) is 6.72. The summed E-state index contributed by atoms with van der Waals surface area (Å²) in [7, 11) is 0. The van der Waals surface area contributed by atoms with E-state index in [0.717, 1.165) is 5.69 Å². The van der Waals surface area contributed by atoms with Crippen LogP contribution in [0.25, 0.3) is 10.9 Å². The van der Waals surface area contributed by atoms with Crippen LogP contribution < -0.4 is 5.56 Å². The lowest BCUT2D eigenvalue weighted by molar-refractivity contribution is 0.516. The van der Waals surface area contributed by atoms with E-state index in [1.165, 1.54) is 23.0 Å². The molecule has 106 valence electrons. The Morgan fingerprint density at radius 1 is 1.19 bits per heavy atom. The second kappa shape index (κ2) is 5.44. The Bertz CT molecular complexity index is 830. The van der Waals surface area contributed by atoms with Crippen LogP contribution in [0.15, 0.2) is 53.7 Å².